The lowest BCUT2D eigenvalue weighted by Gasteiger charge is -2.07. The third-order valence-corrected chi connectivity index (χ3v) is 5.52. The predicted octanol–water partition coefficient (Wildman–Crippen LogP) is 5.10. The van der Waals surface area contributed by atoms with Crippen LogP contribution >= 0.6 is 15.9 Å². The van der Waals surface area contributed by atoms with Crippen molar-refractivity contribution in [2.75, 3.05) is 7.11 Å². The van der Waals surface area contributed by atoms with Crippen molar-refractivity contribution < 1.29 is 9.53 Å². The molecule has 1 N–H and O–H groups in total. The van der Waals surface area contributed by atoms with Crippen LogP contribution in [0.3, 0.4) is 0 Å². The van der Waals surface area contributed by atoms with Crippen LogP contribution in [0.4, 0.5) is 0 Å². The molecule has 32 heavy (non-hydrogen) atoms. The van der Waals surface area contributed by atoms with E-state index in [4.69, 9.17) is 10.00 Å². The van der Waals surface area contributed by atoms with Gasteiger partial charge in [0.05, 0.1) is 30.5 Å². The summed E-state index contributed by atoms with van der Waals surface area (Å²) in [6, 6.07) is 22.9. The first kappa shape index (κ1) is 21.3. The van der Waals surface area contributed by atoms with Crippen LogP contribution in [0.25, 0.3) is 10.9 Å². The molecular formula is C25H19BrN4O2. The number of hydrogen-bond acceptors (Lipinski definition) is 4. The average Bonchev–Trinajstić information content (AvgIpc) is 3.17. The molecule has 0 saturated carbocycles. The first-order chi connectivity index (χ1) is 15.6. The van der Waals surface area contributed by atoms with Gasteiger partial charge in [0.1, 0.15) is 5.75 Å². The van der Waals surface area contributed by atoms with E-state index in [1.165, 1.54) is 7.11 Å². The molecule has 3 aromatic carbocycles. The fourth-order valence-electron chi connectivity index (χ4n) is 3.47. The summed E-state index contributed by atoms with van der Waals surface area (Å²) < 4.78 is 8.16. The molecule has 0 fully saturated rings. The quantitative estimate of drug-likeness (QED) is 0.304. The zero-order chi connectivity index (χ0) is 22.5. The van der Waals surface area contributed by atoms with Gasteiger partial charge in [0.15, 0.2) is 0 Å². The van der Waals surface area contributed by atoms with Gasteiger partial charge < -0.3 is 9.30 Å². The Bertz CT molecular complexity index is 1350. The Kier molecular flexibility index (Phi) is 6.34. The fraction of sp³-hybridized carbons (Fsp3) is 0.0800. The van der Waals surface area contributed by atoms with Gasteiger partial charge in [0, 0.05) is 33.7 Å². The van der Waals surface area contributed by atoms with Crippen molar-refractivity contribution in [2.45, 2.75) is 6.54 Å². The number of carbonyl (C=O) groups is 1. The second-order valence-corrected chi connectivity index (χ2v) is 8.00. The van der Waals surface area contributed by atoms with Crippen LogP contribution in [-0.2, 0) is 6.54 Å². The lowest BCUT2D eigenvalue weighted by Crippen LogP contribution is -2.18. The normalized spacial score (nSPS) is 10.9. The monoisotopic (exact) mass is 486 g/mol. The summed E-state index contributed by atoms with van der Waals surface area (Å²) in [6.45, 7) is 0.654. The van der Waals surface area contributed by atoms with Crippen molar-refractivity contribution in [2.24, 2.45) is 5.10 Å². The van der Waals surface area contributed by atoms with Crippen molar-refractivity contribution in [3.05, 3.63) is 99.7 Å². The summed E-state index contributed by atoms with van der Waals surface area (Å²) in [5.74, 6) is 0.112. The molecule has 0 aliphatic carbocycles. The molecule has 1 heterocycles. The molecule has 0 atom stereocenters. The molecule has 0 radical (unpaired) electrons. The van der Waals surface area contributed by atoms with Gasteiger partial charge in [-0.05, 0) is 42.0 Å². The number of hydrogen-bond donors (Lipinski definition) is 1. The zero-order valence-electron chi connectivity index (χ0n) is 17.2. The van der Waals surface area contributed by atoms with Crippen LogP contribution in [0.2, 0.25) is 0 Å². The Morgan fingerprint density at radius 3 is 2.72 bits per heavy atom. The van der Waals surface area contributed by atoms with Gasteiger partial charge in [-0.1, -0.05) is 46.3 Å². The fourth-order valence-corrected chi connectivity index (χ4v) is 3.83. The number of carbonyl (C=O) groups excluding carboxylic acids is 1. The van der Waals surface area contributed by atoms with Crippen molar-refractivity contribution in [3.63, 3.8) is 0 Å². The van der Waals surface area contributed by atoms with E-state index in [0.29, 0.717) is 23.4 Å². The Hall–Kier alpha value is -3.89. The number of nitrogens with one attached hydrogen (secondary N) is 1. The maximum Gasteiger partial charge on any atom is 0.275 e. The molecule has 7 heteroatoms. The van der Waals surface area contributed by atoms with Crippen molar-refractivity contribution in [1.29, 1.82) is 5.26 Å². The van der Waals surface area contributed by atoms with E-state index >= 15 is 0 Å². The lowest BCUT2D eigenvalue weighted by molar-refractivity contribution is 0.0952. The van der Waals surface area contributed by atoms with Crippen LogP contribution in [0, 0.1) is 11.3 Å². The number of nitrogens with zero attached hydrogens (tertiary/aromatic N) is 3. The number of ether oxygens (including phenoxy) is 1. The van der Waals surface area contributed by atoms with E-state index in [1.807, 2.05) is 60.8 Å². The van der Waals surface area contributed by atoms with Crippen LogP contribution < -0.4 is 10.2 Å². The molecule has 158 valence electrons. The van der Waals surface area contributed by atoms with E-state index in [0.717, 1.165) is 26.5 Å². The highest BCUT2D eigenvalue weighted by atomic mass is 79.9. The smallest absolute Gasteiger partial charge is 0.275 e. The Labute approximate surface area is 193 Å². The summed E-state index contributed by atoms with van der Waals surface area (Å²) >= 11 is 3.37. The van der Waals surface area contributed by atoms with Gasteiger partial charge in [0.25, 0.3) is 5.91 Å². The van der Waals surface area contributed by atoms with Crippen LogP contribution in [0.1, 0.15) is 27.0 Å². The van der Waals surface area contributed by atoms with E-state index < -0.39 is 0 Å². The molecular weight excluding hydrogens is 468 g/mol. The second-order valence-electron chi connectivity index (χ2n) is 7.08. The first-order valence-electron chi connectivity index (χ1n) is 9.83. The summed E-state index contributed by atoms with van der Waals surface area (Å²) in [6.07, 6.45) is 3.64. The molecule has 0 unspecified atom stereocenters. The average molecular weight is 487 g/mol. The molecule has 0 bridgehead atoms. The molecule has 0 saturated heterocycles. The third-order valence-electron chi connectivity index (χ3n) is 5.03. The van der Waals surface area contributed by atoms with E-state index in [2.05, 4.69) is 37.1 Å². The maximum atomic E-state index is 12.6. The maximum absolute atomic E-state index is 12.6. The lowest BCUT2D eigenvalue weighted by atomic mass is 10.1. The van der Waals surface area contributed by atoms with Crippen molar-refractivity contribution in [1.82, 2.24) is 9.99 Å². The molecule has 4 rings (SSSR count). The van der Waals surface area contributed by atoms with E-state index in [1.54, 1.807) is 18.3 Å². The van der Waals surface area contributed by atoms with E-state index in [9.17, 15) is 4.79 Å². The highest BCUT2D eigenvalue weighted by Crippen LogP contribution is 2.23. The van der Waals surface area contributed by atoms with Crippen LogP contribution in [0.5, 0.6) is 5.75 Å². The van der Waals surface area contributed by atoms with Gasteiger partial charge in [-0.3, -0.25) is 4.79 Å². The number of para-hydroxylation sites is 1. The first-order valence-corrected chi connectivity index (χ1v) is 10.6. The minimum Gasteiger partial charge on any atom is -0.496 e. The standard InChI is InChI=1S/C25H19BrN4O2/c1-32-24-11-10-20(26)12-22(24)25(31)29-28-14-19-16-30(23-5-3-2-4-21(19)23)15-18-8-6-17(13-27)7-9-18/h2-12,14,16H,15H2,1H3,(H,29,31)/b28-14-. The molecule has 6 nitrogen and oxygen atoms in total. The number of halogens is 1. The van der Waals surface area contributed by atoms with Gasteiger partial charge in [-0.15, -0.1) is 0 Å². The molecule has 0 aliphatic heterocycles. The summed E-state index contributed by atoms with van der Waals surface area (Å²) in [7, 11) is 1.52. The minimum atomic E-state index is -0.360. The molecule has 1 aromatic heterocycles. The van der Waals surface area contributed by atoms with Crippen molar-refractivity contribution >= 4 is 39.0 Å². The predicted molar refractivity (Wildman–Crippen MR) is 128 cm³/mol. The highest BCUT2D eigenvalue weighted by molar-refractivity contribution is 9.10. The topological polar surface area (TPSA) is 79.4 Å². The number of benzene rings is 3. The molecule has 0 aliphatic rings. The van der Waals surface area contributed by atoms with Gasteiger partial charge in [-0.25, -0.2) is 5.43 Å². The third kappa shape index (κ3) is 4.56. The number of methoxy groups -OCH3 is 1. The second kappa shape index (κ2) is 9.50. The zero-order valence-corrected chi connectivity index (χ0v) is 18.8. The number of rotatable bonds is 6. The van der Waals surface area contributed by atoms with Gasteiger partial charge in [0.2, 0.25) is 0 Å². The highest BCUT2D eigenvalue weighted by Gasteiger charge is 2.12. The Morgan fingerprint density at radius 2 is 1.97 bits per heavy atom. The summed E-state index contributed by atoms with van der Waals surface area (Å²) in [5.41, 5.74) is 6.63. The number of hydrazone groups is 1. The van der Waals surface area contributed by atoms with Gasteiger partial charge >= 0.3 is 0 Å². The van der Waals surface area contributed by atoms with Gasteiger partial charge in [-0.2, -0.15) is 10.4 Å². The largest absolute Gasteiger partial charge is 0.496 e. The molecule has 1 amide bonds. The number of nitriles is 1. The summed E-state index contributed by atoms with van der Waals surface area (Å²) in [4.78, 5) is 12.6. The van der Waals surface area contributed by atoms with Crippen LogP contribution in [0.15, 0.2) is 82.5 Å². The number of aromatic nitrogens is 1. The SMILES string of the molecule is COc1ccc(Br)cc1C(=O)N/N=C\c1cn(Cc2ccc(C#N)cc2)c2ccccc12. The van der Waals surface area contributed by atoms with Crippen LogP contribution in [-0.4, -0.2) is 23.8 Å². The Morgan fingerprint density at radius 1 is 1.19 bits per heavy atom. The molecule has 4 aromatic rings. The Balaban J connectivity index is 1.57. The number of amides is 1. The minimum absolute atomic E-state index is 0.360. The number of fused-ring (bicyclic) bond motifs is 1. The molecule has 0 spiro atoms. The van der Waals surface area contributed by atoms with Crippen molar-refractivity contribution in [3.8, 4) is 11.8 Å². The van der Waals surface area contributed by atoms with E-state index in [-0.39, 0.29) is 5.91 Å². The summed E-state index contributed by atoms with van der Waals surface area (Å²) in [5, 5.41) is 14.2.